The molecule has 1 aliphatic heterocycles. The Labute approximate surface area is 178 Å². The van der Waals surface area contributed by atoms with Crippen molar-refractivity contribution < 1.29 is 14.3 Å². The zero-order chi connectivity index (χ0) is 19.2. The van der Waals surface area contributed by atoms with Crippen LogP contribution in [0.3, 0.4) is 0 Å². The Morgan fingerprint density at radius 3 is 2.37 bits per heavy atom. The first-order valence-corrected chi connectivity index (χ1v) is 8.96. The van der Waals surface area contributed by atoms with Gasteiger partial charge < -0.3 is 25.4 Å². The minimum Gasteiger partial charge on any atom is -0.497 e. The highest BCUT2D eigenvalue weighted by Gasteiger charge is 2.26. The van der Waals surface area contributed by atoms with E-state index < -0.39 is 5.60 Å². The molecule has 1 amide bonds. The molecule has 1 aromatic carbocycles. The Kier molecular flexibility index (Phi) is 9.14. The molecule has 1 saturated heterocycles. The van der Waals surface area contributed by atoms with Crippen LogP contribution in [0.2, 0.25) is 0 Å². The number of nitrogens with zero attached hydrogens (tertiary/aromatic N) is 2. The molecule has 0 spiro atoms. The number of hydrogen-bond acceptors (Lipinski definition) is 4. The summed E-state index contributed by atoms with van der Waals surface area (Å²) >= 11 is 0. The predicted molar refractivity (Wildman–Crippen MR) is 119 cm³/mol. The van der Waals surface area contributed by atoms with E-state index in [1.54, 1.807) is 12.0 Å². The second kappa shape index (κ2) is 10.6. The average Bonchev–Trinajstić information content (AvgIpc) is 2.59. The molecule has 0 unspecified atom stereocenters. The first-order chi connectivity index (χ1) is 12.3. The molecule has 7 nitrogen and oxygen atoms in total. The number of nitrogens with two attached hydrogens (primary N) is 1. The SMILES string of the molecule is COc1ccc(NC(N)=NCC2CCN(C(=O)OC(C)(C)C)CC2)cc1.I. The highest BCUT2D eigenvalue weighted by atomic mass is 127. The summed E-state index contributed by atoms with van der Waals surface area (Å²) in [6.45, 7) is 7.68. The molecular formula is C19H31IN4O3. The molecule has 0 radical (unpaired) electrons. The topological polar surface area (TPSA) is 89.2 Å². The van der Waals surface area contributed by atoms with Crippen LogP contribution in [0.4, 0.5) is 10.5 Å². The lowest BCUT2D eigenvalue weighted by molar-refractivity contribution is 0.0187. The number of carbonyl (C=O) groups is 1. The molecular weight excluding hydrogens is 459 g/mol. The lowest BCUT2D eigenvalue weighted by Gasteiger charge is -2.33. The van der Waals surface area contributed by atoms with Gasteiger partial charge in [-0.05, 0) is 63.8 Å². The number of piperidine rings is 1. The van der Waals surface area contributed by atoms with E-state index in [9.17, 15) is 4.79 Å². The summed E-state index contributed by atoms with van der Waals surface area (Å²) in [7, 11) is 1.63. The second-order valence-corrected chi connectivity index (χ2v) is 7.49. The Hall–Kier alpha value is -1.71. The molecule has 0 bridgehead atoms. The zero-order valence-electron chi connectivity index (χ0n) is 16.5. The fourth-order valence-corrected chi connectivity index (χ4v) is 2.71. The molecule has 0 atom stereocenters. The van der Waals surface area contributed by atoms with E-state index >= 15 is 0 Å². The third-order valence-corrected chi connectivity index (χ3v) is 4.15. The second-order valence-electron chi connectivity index (χ2n) is 7.49. The summed E-state index contributed by atoms with van der Waals surface area (Å²) in [5.41, 5.74) is 6.37. The number of methoxy groups -OCH3 is 1. The number of halogens is 1. The van der Waals surface area contributed by atoms with E-state index in [-0.39, 0.29) is 30.1 Å². The smallest absolute Gasteiger partial charge is 0.410 e. The number of ether oxygens (including phenoxy) is 2. The molecule has 1 aromatic rings. The molecule has 0 aliphatic carbocycles. The minimum atomic E-state index is -0.459. The van der Waals surface area contributed by atoms with Crippen LogP contribution in [0.5, 0.6) is 5.75 Å². The maximum absolute atomic E-state index is 12.1. The molecule has 8 heteroatoms. The number of hydrogen-bond donors (Lipinski definition) is 2. The van der Waals surface area contributed by atoms with Gasteiger partial charge in [0.15, 0.2) is 5.96 Å². The van der Waals surface area contributed by atoms with Gasteiger partial charge in [0.25, 0.3) is 0 Å². The zero-order valence-corrected chi connectivity index (χ0v) is 18.9. The van der Waals surface area contributed by atoms with Crippen LogP contribution in [0.15, 0.2) is 29.3 Å². The molecule has 3 N–H and O–H groups in total. The van der Waals surface area contributed by atoms with E-state index in [1.807, 2.05) is 45.0 Å². The molecule has 0 aromatic heterocycles. The summed E-state index contributed by atoms with van der Waals surface area (Å²) in [6.07, 6.45) is 1.57. The van der Waals surface area contributed by atoms with Crippen molar-refractivity contribution >= 4 is 41.7 Å². The van der Waals surface area contributed by atoms with Crippen LogP contribution in [0.25, 0.3) is 0 Å². The molecule has 1 fully saturated rings. The normalized spacial score (nSPS) is 15.7. The number of guanidine groups is 1. The summed E-state index contributed by atoms with van der Waals surface area (Å²) in [5.74, 6) is 1.61. The minimum absolute atomic E-state index is 0. The van der Waals surface area contributed by atoms with Gasteiger partial charge >= 0.3 is 6.09 Å². The number of anilines is 1. The third kappa shape index (κ3) is 8.23. The van der Waals surface area contributed by atoms with E-state index in [2.05, 4.69) is 10.3 Å². The Balaban J connectivity index is 0.00000364. The van der Waals surface area contributed by atoms with E-state index in [0.717, 1.165) is 24.3 Å². The van der Waals surface area contributed by atoms with Crippen molar-refractivity contribution in [3.8, 4) is 5.75 Å². The van der Waals surface area contributed by atoms with Crippen molar-refractivity contribution in [2.24, 2.45) is 16.6 Å². The van der Waals surface area contributed by atoms with Crippen molar-refractivity contribution in [1.29, 1.82) is 0 Å². The molecule has 152 valence electrons. The van der Waals surface area contributed by atoms with Crippen molar-refractivity contribution in [3.05, 3.63) is 24.3 Å². The first kappa shape index (κ1) is 23.3. The molecule has 27 heavy (non-hydrogen) atoms. The summed E-state index contributed by atoms with van der Waals surface area (Å²) < 4.78 is 10.5. The van der Waals surface area contributed by atoms with Crippen LogP contribution < -0.4 is 15.8 Å². The van der Waals surface area contributed by atoms with Crippen molar-refractivity contribution in [2.45, 2.75) is 39.2 Å². The van der Waals surface area contributed by atoms with Gasteiger partial charge in [-0.25, -0.2) is 4.79 Å². The van der Waals surface area contributed by atoms with E-state index in [1.165, 1.54) is 0 Å². The van der Waals surface area contributed by atoms with Gasteiger partial charge in [0, 0.05) is 25.3 Å². The van der Waals surface area contributed by atoms with Gasteiger partial charge in [-0.2, -0.15) is 0 Å². The third-order valence-electron chi connectivity index (χ3n) is 4.15. The van der Waals surface area contributed by atoms with Gasteiger partial charge in [0.1, 0.15) is 11.4 Å². The largest absolute Gasteiger partial charge is 0.497 e. The standard InChI is InChI=1S/C19H30N4O3.HI/c1-19(2,3)26-18(24)23-11-9-14(10-12-23)13-21-17(20)22-15-5-7-16(25-4)8-6-15;/h5-8,14H,9-13H2,1-4H3,(H3,20,21,22);1H. The van der Waals surface area contributed by atoms with Gasteiger partial charge in [-0.3, -0.25) is 4.99 Å². The van der Waals surface area contributed by atoms with Crippen LogP contribution in [-0.4, -0.2) is 49.3 Å². The van der Waals surface area contributed by atoms with Gasteiger partial charge in [-0.15, -0.1) is 24.0 Å². The molecule has 1 heterocycles. The fourth-order valence-electron chi connectivity index (χ4n) is 2.71. The number of likely N-dealkylation sites (tertiary alicyclic amines) is 1. The predicted octanol–water partition coefficient (Wildman–Crippen LogP) is 3.69. The Morgan fingerprint density at radius 2 is 1.85 bits per heavy atom. The van der Waals surface area contributed by atoms with Crippen molar-refractivity contribution in [3.63, 3.8) is 0 Å². The number of benzene rings is 1. The fraction of sp³-hybridized carbons (Fsp3) is 0.579. The average molecular weight is 490 g/mol. The number of nitrogens with one attached hydrogen (secondary N) is 1. The van der Waals surface area contributed by atoms with Crippen LogP contribution in [0.1, 0.15) is 33.6 Å². The van der Waals surface area contributed by atoms with Crippen molar-refractivity contribution in [1.82, 2.24) is 4.90 Å². The number of carbonyl (C=O) groups excluding carboxylic acids is 1. The number of amides is 1. The number of rotatable bonds is 4. The van der Waals surface area contributed by atoms with Gasteiger partial charge in [0.2, 0.25) is 0 Å². The summed E-state index contributed by atoms with van der Waals surface area (Å²) in [5, 5.41) is 3.07. The van der Waals surface area contributed by atoms with Crippen LogP contribution in [-0.2, 0) is 4.74 Å². The van der Waals surface area contributed by atoms with E-state index in [0.29, 0.717) is 31.5 Å². The quantitative estimate of drug-likeness (QED) is 0.382. The van der Waals surface area contributed by atoms with E-state index in [4.69, 9.17) is 15.2 Å². The Morgan fingerprint density at radius 1 is 1.26 bits per heavy atom. The highest BCUT2D eigenvalue weighted by molar-refractivity contribution is 14.0. The lowest BCUT2D eigenvalue weighted by atomic mass is 9.97. The summed E-state index contributed by atoms with van der Waals surface area (Å²) in [6, 6.07) is 7.51. The van der Waals surface area contributed by atoms with Crippen LogP contribution >= 0.6 is 24.0 Å². The number of aliphatic imine (C=N–C) groups is 1. The van der Waals surface area contributed by atoms with Crippen LogP contribution in [0, 0.1) is 5.92 Å². The van der Waals surface area contributed by atoms with Crippen molar-refractivity contribution in [2.75, 3.05) is 32.1 Å². The maximum atomic E-state index is 12.1. The van der Waals surface area contributed by atoms with Gasteiger partial charge in [-0.1, -0.05) is 0 Å². The summed E-state index contributed by atoms with van der Waals surface area (Å²) in [4.78, 5) is 18.3. The maximum Gasteiger partial charge on any atom is 0.410 e. The first-order valence-electron chi connectivity index (χ1n) is 8.96. The molecule has 1 aliphatic rings. The molecule has 0 saturated carbocycles. The lowest BCUT2D eigenvalue weighted by Crippen LogP contribution is -2.42. The molecule has 2 rings (SSSR count). The van der Waals surface area contributed by atoms with Gasteiger partial charge in [0.05, 0.1) is 7.11 Å². The Bertz CT molecular complexity index is 621. The monoisotopic (exact) mass is 490 g/mol. The highest BCUT2D eigenvalue weighted by Crippen LogP contribution is 2.20.